The molecule has 0 aliphatic rings. The summed E-state index contributed by atoms with van der Waals surface area (Å²) in [6, 6.07) is 3.82. The summed E-state index contributed by atoms with van der Waals surface area (Å²) < 4.78 is 55.8. The number of rotatable bonds is 2. The number of aliphatic hydroxyl groups is 1. The van der Waals surface area contributed by atoms with Crippen LogP contribution in [0.2, 0.25) is 0 Å². The Kier molecular flexibility index (Phi) is 3.14. The summed E-state index contributed by atoms with van der Waals surface area (Å²) in [6.07, 6.45) is -2.30. The number of hydrogen-bond donors (Lipinski definition) is 1. The van der Waals surface area contributed by atoms with Gasteiger partial charge < -0.3 is 9.52 Å². The Morgan fingerprint density at radius 3 is 2.32 bits per heavy atom. The van der Waals surface area contributed by atoms with E-state index in [9.17, 15) is 22.7 Å². The second kappa shape index (κ2) is 4.38. The van der Waals surface area contributed by atoms with Gasteiger partial charge in [0.25, 0.3) is 0 Å². The Bertz CT molecular complexity index is 571. The standard InChI is InChI=1S/C13H10F4O2/c1-12(18,9-4-5-19-7-9)8-2-3-11(14)10(6-8)13(15,16)17/h2-7,18H,1H3. The normalized spacial score (nSPS) is 15.3. The average Bonchev–Trinajstić information content (AvgIpc) is 2.81. The van der Waals surface area contributed by atoms with Crippen LogP contribution in [0.15, 0.2) is 41.2 Å². The van der Waals surface area contributed by atoms with E-state index in [0.29, 0.717) is 12.1 Å². The van der Waals surface area contributed by atoms with Crippen LogP contribution in [0.5, 0.6) is 0 Å². The predicted octanol–water partition coefficient (Wildman–Crippen LogP) is 3.69. The Morgan fingerprint density at radius 2 is 1.79 bits per heavy atom. The van der Waals surface area contributed by atoms with E-state index >= 15 is 0 Å². The van der Waals surface area contributed by atoms with Crippen LogP contribution in [0.1, 0.15) is 23.6 Å². The third-order valence-electron chi connectivity index (χ3n) is 2.92. The van der Waals surface area contributed by atoms with Gasteiger partial charge in [-0.25, -0.2) is 4.39 Å². The summed E-state index contributed by atoms with van der Waals surface area (Å²) in [5, 5.41) is 10.3. The van der Waals surface area contributed by atoms with E-state index in [-0.39, 0.29) is 11.1 Å². The monoisotopic (exact) mass is 274 g/mol. The second-order valence-electron chi connectivity index (χ2n) is 4.28. The van der Waals surface area contributed by atoms with Crippen molar-refractivity contribution in [2.75, 3.05) is 0 Å². The SMILES string of the molecule is CC(O)(c1ccoc1)c1ccc(F)c(C(F)(F)F)c1. The van der Waals surface area contributed by atoms with E-state index in [0.717, 1.165) is 6.07 Å². The molecule has 1 unspecified atom stereocenters. The molecule has 2 nitrogen and oxygen atoms in total. The third kappa shape index (κ3) is 2.49. The first-order chi connectivity index (χ1) is 8.73. The van der Waals surface area contributed by atoms with Crippen LogP contribution in [-0.4, -0.2) is 5.11 Å². The molecule has 0 saturated heterocycles. The van der Waals surface area contributed by atoms with Gasteiger partial charge in [-0.2, -0.15) is 13.2 Å². The van der Waals surface area contributed by atoms with Crippen LogP contribution in [0.4, 0.5) is 17.6 Å². The Balaban J connectivity index is 2.53. The van der Waals surface area contributed by atoms with Gasteiger partial charge in [-0.05, 0) is 30.7 Å². The van der Waals surface area contributed by atoms with Crippen molar-refractivity contribution in [1.29, 1.82) is 0 Å². The highest BCUT2D eigenvalue weighted by Crippen LogP contribution is 2.36. The van der Waals surface area contributed by atoms with E-state index in [4.69, 9.17) is 4.42 Å². The molecule has 1 N–H and O–H groups in total. The topological polar surface area (TPSA) is 33.4 Å². The molecule has 1 aromatic heterocycles. The highest BCUT2D eigenvalue weighted by Gasteiger charge is 2.36. The van der Waals surface area contributed by atoms with E-state index in [1.165, 1.54) is 25.5 Å². The first kappa shape index (κ1) is 13.6. The minimum atomic E-state index is -4.81. The molecule has 0 saturated carbocycles. The van der Waals surface area contributed by atoms with Crippen molar-refractivity contribution in [3.63, 3.8) is 0 Å². The largest absolute Gasteiger partial charge is 0.472 e. The summed E-state index contributed by atoms with van der Waals surface area (Å²) >= 11 is 0. The smallest absolute Gasteiger partial charge is 0.419 e. The van der Waals surface area contributed by atoms with Crippen molar-refractivity contribution in [2.45, 2.75) is 18.7 Å². The maximum absolute atomic E-state index is 13.2. The molecule has 0 aliphatic carbocycles. The van der Waals surface area contributed by atoms with Crippen molar-refractivity contribution < 1.29 is 27.1 Å². The molecule has 102 valence electrons. The van der Waals surface area contributed by atoms with Crippen molar-refractivity contribution in [3.8, 4) is 0 Å². The number of benzene rings is 1. The van der Waals surface area contributed by atoms with E-state index in [2.05, 4.69) is 0 Å². The minimum Gasteiger partial charge on any atom is -0.472 e. The molecule has 0 spiro atoms. The molecule has 0 bridgehead atoms. The predicted molar refractivity (Wildman–Crippen MR) is 58.8 cm³/mol. The van der Waals surface area contributed by atoms with Crippen LogP contribution in [0.3, 0.4) is 0 Å². The Labute approximate surface area is 106 Å². The summed E-state index contributed by atoms with van der Waals surface area (Å²) in [6.45, 7) is 1.31. The lowest BCUT2D eigenvalue weighted by atomic mass is 9.89. The fourth-order valence-corrected chi connectivity index (χ4v) is 1.75. The molecule has 1 aromatic carbocycles. The van der Waals surface area contributed by atoms with Gasteiger partial charge in [0, 0.05) is 5.56 Å². The summed E-state index contributed by atoms with van der Waals surface area (Å²) in [7, 11) is 0. The van der Waals surface area contributed by atoms with Crippen LogP contribution in [-0.2, 0) is 11.8 Å². The number of halogens is 4. The molecule has 0 radical (unpaired) electrons. The summed E-state index contributed by atoms with van der Waals surface area (Å²) in [5.41, 5.74) is -2.88. The molecule has 0 aliphatic heterocycles. The summed E-state index contributed by atoms with van der Waals surface area (Å²) in [5.74, 6) is -1.38. The maximum Gasteiger partial charge on any atom is 0.419 e. The molecule has 2 rings (SSSR count). The molecule has 6 heteroatoms. The highest BCUT2D eigenvalue weighted by atomic mass is 19.4. The lowest BCUT2D eigenvalue weighted by molar-refractivity contribution is -0.140. The third-order valence-corrected chi connectivity index (χ3v) is 2.92. The Hall–Kier alpha value is -1.82. The van der Waals surface area contributed by atoms with Crippen LogP contribution in [0.25, 0.3) is 0 Å². The zero-order chi connectivity index (χ0) is 14.3. The van der Waals surface area contributed by atoms with Gasteiger partial charge in [-0.3, -0.25) is 0 Å². The van der Waals surface area contributed by atoms with Gasteiger partial charge in [0.05, 0.1) is 18.1 Å². The zero-order valence-corrected chi connectivity index (χ0v) is 9.83. The van der Waals surface area contributed by atoms with Crippen LogP contribution < -0.4 is 0 Å². The van der Waals surface area contributed by atoms with Gasteiger partial charge in [-0.1, -0.05) is 6.07 Å². The second-order valence-corrected chi connectivity index (χ2v) is 4.28. The molecule has 1 heterocycles. The maximum atomic E-state index is 13.2. The fraction of sp³-hybridized carbons (Fsp3) is 0.231. The van der Waals surface area contributed by atoms with Gasteiger partial charge in [0.1, 0.15) is 11.4 Å². The molecule has 0 amide bonds. The lowest BCUT2D eigenvalue weighted by Gasteiger charge is -2.23. The van der Waals surface area contributed by atoms with Crippen LogP contribution >= 0.6 is 0 Å². The molecule has 1 atom stereocenters. The van der Waals surface area contributed by atoms with Crippen molar-refractivity contribution in [2.24, 2.45) is 0 Å². The molecular weight excluding hydrogens is 264 g/mol. The fourth-order valence-electron chi connectivity index (χ4n) is 1.75. The average molecular weight is 274 g/mol. The van der Waals surface area contributed by atoms with Gasteiger partial charge >= 0.3 is 6.18 Å². The number of hydrogen-bond acceptors (Lipinski definition) is 2. The van der Waals surface area contributed by atoms with E-state index < -0.39 is 23.2 Å². The number of alkyl halides is 3. The van der Waals surface area contributed by atoms with Crippen molar-refractivity contribution in [1.82, 2.24) is 0 Å². The quantitative estimate of drug-likeness (QED) is 0.847. The lowest BCUT2D eigenvalue weighted by Crippen LogP contribution is -2.23. The summed E-state index contributed by atoms with van der Waals surface area (Å²) in [4.78, 5) is 0. The molecular formula is C13H10F4O2. The first-order valence-corrected chi connectivity index (χ1v) is 5.35. The minimum absolute atomic E-state index is 0.0670. The van der Waals surface area contributed by atoms with E-state index in [1.807, 2.05) is 0 Å². The highest BCUT2D eigenvalue weighted by molar-refractivity contribution is 5.37. The van der Waals surface area contributed by atoms with Crippen molar-refractivity contribution in [3.05, 3.63) is 59.3 Å². The van der Waals surface area contributed by atoms with Gasteiger partial charge in [-0.15, -0.1) is 0 Å². The van der Waals surface area contributed by atoms with Gasteiger partial charge in [0.15, 0.2) is 0 Å². The molecule has 2 aromatic rings. The first-order valence-electron chi connectivity index (χ1n) is 5.35. The van der Waals surface area contributed by atoms with Crippen molar-refractivity contribution >= 4 is 0 Å². The number of furan rings is 1. The van der Waals surface area contributed by atoms with E-state index in [1.54, 1.807) is 0 Å². The zero-order valence-electron chi connectivity index (χ0n) is 9.83. The Morgan fingerprint density at radius 1 is 1.11 bits per heavy atom. The molecule has 0 fully saturated rings. The molecule has 19 heavy (non-hydrogen) atoms. The van der Waals surface area contributed by atoms with Gasteiger partial charge in [0.2, 0.25) is 0 Å². The van der Waals surface area contributed by atoms with Crippen LogP contribution in [0, 0.1) is 5.82 Å².